The van der Waals surface area contributed by atoms with Crippen LogP contribution in [0.2, 0.25) is 0 Å². The van der Waals surface area contributed by atoms with Crippen LogP contribution in [0.25, 0.3) is 0 Å². The molecule has 1 aromatic rings. The van der Waals surface area contributed by atoms with Crippen molar-refractivity contribution in [1.82, 2.24) is 5.32 Å². The van der Waals surface area contributed by atoms with Crippen molar-refractivity contribution in [2.45, 2.75) is 38.1 Å². The predicted octanol–water partition coefficient (Wildman–Crippen LogP) is 1.89. The second-order valence-electron chi connectivity index (χ2n) is 5.62. The van der Waals surface area contributed by atoms with Gasteiger partial charge >= 0.3 is 0 Å². The van der Waals surface area contributed by atoms with Crippen molar-refractivity contribution in [3.63, 3.8) is 0 Å². The summed E-state index contributed by atoms with van der Waals surface area (Å²) in [6.45, 7) is 0. The first-order valence-corrected chi connectivity index (χ1v) is 7.47. The highest BCUT2D eigenvalue weighted by Crippen LogP contribution is 2.26. The first-order valence-electron chi connectivity index (χ1n) is 7.47. The van der Waals surface area contributed by atoms with Crippen LogP contribution in [0.15, 0.2) is 24.3 Å². The van der Waals surface area contributed by atoms with Gasteiger partial charge in [0.15, 0.2) is 0 Å². The molecule has 0 aliphatic heterocycles. The largest absolute Gasteiger partial charge is 0.355 e. The number of amides is 2. The van der Waals surface area contributed by atoms with E-state index in [0.29, 0.717) is 17.7 Å². The number of rotatable bonds is 4. The topological polar surface area (TPSA) is 84.2 Å². The van der Waals surface area contributed by atoms with Crippen LogP contribution in [0.3, 0.4) is 0 Å². The normalized spacial score (nSPS) is 21.6. The van der Waals surface area contributed by atoms with Gasteiger partial charge in [0.25, 0.3) is 5.91 Å². The van der Waals surface area contributed by atoms with Crippen LogP contribution < -0.4 is 16.4 Å². The summed E-state index contributed by atoms with van der Waals surface area (Å²) in [5.74, 6) is 0.0627. The lowest BCUT2D eigenvalue weighted by atomic mass is 9.83. The van der Waals surface area contributed by atoms with Crippen molar-refractivity contribution in [1.29, 1.82) is 0 Å². The van der Waals surface area contributed by atoms with Gasteiger partial charge in [0, 0.05) is 30.8 Å². The molecule has 1 aromatic carbocycles. The lowest BCUT2D eigenvalue weighted by molar-refractivity contribution is -0.117. The van der Waals surface area contributed by atoms with Gasteiger partial charge < -0.3 is 16.4 Å². The van der Waals surface area contributed by atoms with Crippen molar-refractivity contribution >= 4 is 17.5 Å². The maximum Gasteiger partial charge on any atom is 0.251 e. The Balaban J connectivity index is 1.94. The molecule has 2 amide bonds. The number of hydrogen-bond acceptors (Lipinski definition) is 3. The molecule has 2 unspecified atom stereocenters. The molecule has 1 fully saturated rings. The van der Waals surface area contributed by atoms with Crippen LogP contribution in [0, 0.1) is 5.92 Å². The van der Waals surface area contributed by atoms with Gasteiger partial charge in [0.2, 0.25) is 5.91 Å². The molecule has 5 heteroatoms. The van der Waals surface area contributed by atoms with Crippen molar-refractivity contribution in [2.24, 2.45) is 11.7 Å². The zero-order chi connectivity index (χ0) is 15.2. The zero-order valence-electron chi connectivity index (χ0n) is 12.4. The van der Waals surface area contributed by atoms with Crippen molar-refractivity contribution in [3.8, 4) is 0 Å². The molecule has 0 saturated heterocycles. The van der Waals surface area contributed by atoms with Crippen LogP contribution in [0.4, 0.5) is 5.69 Å². The second kappa shape index (κ2) is 7.22. The summed E-state index contributed by atoms with van der Waals surface area (Å²) in [6.07, 6.45) is 4.79. The Morgan fingerprint density at radius 3 is 2.76 bits per heavy atom. The minimum atomic E-state index is -0.166. The standard InChI is InChI=1S/C16H23N3O2/c1-18-16(21)12-6-4-7-13(9-12)19-15(20)10-11-5-2-3-8-14(11)17/h4,6-7,9,11,14H,2-3,5,8,10,17H2,1H3,(H,18,21)(H,19,20). The highest BCUT2D eigenvalue weighted by atomic mass is 16.2. The summed E-state index contributed by atoms with van der Waals surface area (Å²) in [4.78, 5) is 23.7. The quantitative estimate of drug-likeness (QED) is 0.791. The maximum atomic E-state index is 12.1. The summed E-state index contributed by atoms with van der Waals surface area (Å²) in [5, 5.41) is 5.42. The Bertz CT molecular complexity index is 516. The fourth-order valence-electron chi connectivity index (χ4n) is 2.82. The number of carbonyl (C=O) groups excluding carboxylic acids is 2. The van der Waals surface area contributed by atoms with Gasteiger partial charge in [-0.25, -0.2) is 0 Å². The third-order valence-corrected chi connectivity index (χ3v) is 4.05. The molecule has 1 aliphatic carbocycles. The molecule has 1 aliphatic rings. The zero-order valence-corrected chi connectivity index (χ0v) is 12.4. The van der Waals surface area contributed by atoms with E-state index in [1.807, 2.05) is 0 Å². The van der Waals surface area contributed by atoms with E-state index in [4.69, 9.17) is 5.73 Å². The first kappa shape index (κ1) is 15.5. The fourth-order valence-corrected chi connectivity index (χ4v) is 2.82. The van der Waals surface area contributed by atoms with Gasteiger partial charge in [0.05, 0.1) is 0 Å². The average Bonchev–Trinajstić information content (AvgIpc) is 2.49. The molecule has 2 rings (SSSR count). The van der Waals surface area contributed by atoms with Gasteiger partial charge in [-0.15, -0.1) is 0 Å². The summed E-state index contributed by atoms with van der Waals surface area (Å²) >= 11 is 0. The lowest BCUT2D eigenvalue weighted by Gasteiger charge is -2.27. The van der Waals surface area contributed by atoms with Crippen LogP contribution in [0.1, 0.15) is 42.5 Å². The van der Waals surface area contributed by atoms with Gasteiger partial charge in [-0.1, -0.05) is 18.9 Å². The van der Waals surface area contributed by atoms with Crippen LogP contribution in [-0.2, 0) is 4.79 Å². The molecule has 0 aromatic heterocycles. The molecule has 5 nitrogen and oxygen atoms in total. The third-order valence-electron chi connectivity index (χ3n) is 4.05. The highest BCUT2D eigenvalue weighted by molar-refractivity contribution is 5.97. The molecular formula is C16H23N3O2. The monoisotopic (exact) mass is 289 g/mol. The van der Waals surface area contributed by atoms with E-state index in [2.05, 4.69) is 10.6 Å². The van der Waals surface area contributed by atoms with Crippen LogP contribution in [-0.4, -0.2) is 24.9 Å². The van der Waals surface area contributed by atoms with E-state index < -0.39 is 0 Å². The number of hydrogen-bond donors (Lipinski definition) is 3. The van der Waals surface area contributed by atoms with Gasteiger partial charge in [0.1, 0.15) is 0 Å². The number of nitrogens with two attached hydrogens (primary N) is 1. The van der Waals surface area contributed by atoms with E-state index in [9.17, 15) is 9.59 Å². The minimum absolute atomic E-state index is 0.0357. The third kappa shape index (κ3) is 4.29. The molecule has 0 spiro atoms. The van der Waals surface area contributed by atoms with Crippen LogP contribution in [0.5, 0.6) is 0 Å². The smallest absolute Gasteiger partial charge is 0.251 e. The molecule has 2 atom stereocenters. The second-order valence-corrected chi connectivity index (χ2v) is 5.62. The molecular weight excluding hydrogens is 266 g/mol. The molecule has 0 radical (unpaired) electrons. The fraction of sp³-hybridized carbons (Fsp3) is 0.500. The van der Waals surface area contributed by atoms with E-state index in [-0.39, 0.29) is 23.8 Å². The predicted molar refractivity (Wildman–Crippen MR) is 83.0 cm³/mol. The molecule has 114 valence electrons. The first-order chi connectivity index (χ1) is 10.1. The van der Waals surface area contributed by atoms with Crippen LogP contribution >= 0.6 is 0 Å². The van der Waals surface area contributed by atoms with Gasteiger partial charge in [-0.05, 0) is 37.0 Å². The molecule has 1 saturated carbocycles. The summed E-state index contributed by atoms with van der Waals surface area (Å²) in [7, 11) is 1.58. The molecule has 0 heterocycles. The van der Waals surface area contributed by atoms with Crippen molar-refractivity contribution < 1.29 is 9.59 Å². The van der Waals surface area contributed by atoms with E-state index >= 15 is 0 Å². The Hall–Kier alpha value is -1.88. The Labute approximate surface area is 125 Å². The average molecular weight is 289 g/mol. The Morgan fingerprint density at radius 1 is 1.29 bits per heavy atom. The number of benzene rings is 1. The number of anilines is 1. The molecule has 4 N–H and O–H groups in total. The minimum Gasteiger partial charge on any atom is -0.355 e. The SMILES string of the molecule is CNC(=O)c1cccc(NC(=O)CC2CCCCC2N)c1. The molecule has 21 heavy (non-hydrogen) atoms. The van der Waals surface area contributed by atoms with Crippen molar-refractivity contribution in [2.75, 3.05) is 12.4 Å². The maximum absolute atomic E-state index is 12.1. The van der Waals surface area contributed by atoms with E-state index in [1.165, 1.54) is 0 Å². The lowest BCUT2D eigenvalue weighted by Crippen LogP contribution is -2.35. The number of carbonyl (C=O) groups is 2. The van der Waals surface area contributed by atoms with Gasteiger partial charge in [-0.2, -0.15) is 0 Å². The van der Waals surface area contributed by atoms with Gasteiger partial charge in [-0.3, -0.25) is 9.59 Å². The summed E-state index contributed by atoms with van der Waals surface area (Å²) in [5.41, 5.74) is 7.25. The van der Waals surface area contributed by atoms with E-state index in [1.54, 1.807) is 31.3 Å². The van der Waals surface area contributed by atoms with Crippen molar-refractivity contribution in [3.05, 3.63) is 29.8 Å². The number of nitrogens with one attached hydrogen (secondary N) is 2. The summed E-state index contributed by atoms with van der Waals surface area (Å²) in [6, 6.07) is 7.06. The Morgan fingerprint density at radius 2 is 2.05 bits per heavy atom. The highest BCUT2D eigenvalue weighted by Gasteiger charge is 2.24. The summed E-state index contributed by atoms with van der Waals surface area (Å²) < 4.78 is 0. The van der Waals surface area contributed by atoms with E-state index in [0.717, 1.165) is 25.7 Å². The Kier molecular flexibility index (Phi) is 5.33. The molecule has 0 bridgehead atoms.